The SMILES string of the molecule is CCc1cc(C)c2c(c1)CC[C@@](C)(CCC[C@H](C)CCC[C@H](C)CCCC(C)C)O2. The lowest BCUT2D eigenvalue weighted by Crippen LogP contribution is -2.36. The second kappa shape index (κ2) is 12.2. The predicted octanol–water partition coefficient (Wildman–Crippen LogP) is 9.08. The van der Waals surface area contributed by atoms with Crippen molar-refractivity contribution in [3.8, 4) is 5.75 Å². The topological polar surface area (TPSA) is 9.23 Å². The number of hydrogen-bond acceptors (Lipinski definition) is 1. The Kier molecular flexibility index (Phi) is 10.2. The van der Waals surface area contributed by atoms with E-state index in [0.29, 0.717) is 0 Å². The maximum absolute atomic E-state index is 6.60. The normalized spacial score (nSPS) is 20.7. The van der Waals surface area contributed by atoms with Gasteiger partial charge in [-0.25, -0.2) is 0 Å². The molecular weight excluding hydrogens is 364 g/mol. The number of fused-ring (bicyclic) bond motifs is 1. The molecule has 0 N–H and O–H groups in total. The number of rotatable bonds is 13. The summed E-state index contributed by atoms with van der Waals surface area (Å²) in [5.41, 5.74) is 4.23. The van der Waals surface area contributed by atoms with Gasteiger partial charge in [-0.05, 0) is 80.4 Å². The van der Waals surface area contributed by atoms with E-state index in [1.807, 2.05) is 0 Å². The van der Waals surface area contributed by atoms with Crippen LogP contribution in [-0.4, -0.2) is 5.60 Å². The van der Waals surface area contributed by atoms with Gasteiger partial charge in [0.25, 0.3) is 0 Å². The van der Waals surface area contributed by atoms with Gasteiger partial charge in [-0.3, -0.25) is 0 Å². The smallest absolute Gasteiger partial charge is 0.126 e. The van der Waals surface area contributed by atoms with Gasteiger partial charge in [0.15, 0.2) is 0 Å². The van der Waals surface area contributed by atoms with Crippen molar-refractivity contribution < 1.29 is 4.74 Å². The third kappa shape index (κ3) is 8.27. The monoisotopic (exact) mass is 414 g/mol. The molecule has 1 aliphatic rings. The van der Waals surface area contributed by atoms with E-state index in [0.717, 1.165) is 30.6 Å². The number of aryl methyl sites for hydroxylation is 3. The van der Waals surface area contributed by atoms with Crippen molar-refractivity contribution in [2.24, 2.45) is 17.8 Å². The first-order valence-electron chi connectivity index (χ1n) is 13.0. The molecule has 0 aliphatic carbocycles. The Morgan fingerprint density at radius 1 is 0.900 bits per heavy atom. The van der Waals surface area contributed by atoms with E-state index >= 15 is 0 Å². The molecule has 1 nitrogen and oxygen atoms in total. The second-order valence-electron chi connectivity index (χ2n) is 11.2. The highest BCUT2D eigenvalue weighted by Crippen LogP contribution is 2.39. The third-order valence-electron chi connectivity index (χ3n) is 7.37. The van der Waals surface area contributed by atoms with E-state index in [4.69, 9.17) is 4.74 Å². The molecule has 0 saturated carbocycles. The fourth-order valence-corrected chi connectivity index (χ4v) is 5.14. The summed E-state index contributed by atoms with van der Waals surface area (Å²) in [6.07, 6.45) is 15.7. The summed E-state index contributed by atoms with van der Waals surface area (Å²) in [7, 11) is 0. The molecule has 0 radical (unpaired) electrons. The third-order valence-corrected chi connectivity index (χ3v) is 7.37. The Morgan fingerprint density at radius 3 is 2.10 bits per heavy atom. The predicted molar refractivity (Wildman–Crippen MR) is 133 cm³/mol. The van der Waals surface area contributed by atoms with Crippen LogP contribution in [0.2, 0.25) is 0 Å². The van der Waals surface area contributed by atoms with Crippen molar-refractivity contribution in [2.75, 3.05) is 0 Å². The van der Waals surface area contributed by atoms with Crippen LogP contribution in [0.1, 0.15) is 122 Å². The summed E-state index contributed by atoms with van der Waals surface area (Å²) < 4.78 is 6.60. The van der Waals surface area contributed by atoms with E-state index in [1.54, 1.807) is 0 Å². The molecule has 0 spiro atoms. The lowest BCUT2D eigenvalue weighted by Gasteiger charge is -2.37. The average molecular weight is 415 g/mol. The van der Waals surface area contributed by atoms with Crippen molar-refractivity contribution in [1.29, 1.82) is 0 Å². The first-order valence-corrected chi connectivity index (χ1v) is 13.0. The molecule has 3 atom stereocenters. The molecule has 0 fully saturated rings. The van der Waals surface area contributed by atoms with Crippen LogP contribution >= 0.6 is 0 Å². The Balaban J connectivity index is 1.67. The zero-order chi connectivity index (χ0) is 22.1. The maximum Gasteiger partial charge on any atom is 0.126 e. The minimum absolute atomic E-state index is 0.0239. The second-order valence-corrected chi connectivity index (χ2v) is 11.2. The van der Waals surface area contributed by atoms with Crippen LogP contribution in [0, 0.1) is 24.7 Å². The molecule has 1 aliphatic heterocycles. The molecule has 0 saturated heterocycles. The minimum atomic E-state index is 0.0239. The standard InChI is InChI=1S/C29H50O/c1-8-26-20-25(6)28-27(21-26)17-19-29(7,30-28)18-11-16-24(5)15-10-14-23(4)13-9-12-22(2)3/h20-24H,8-19H2,1-7H3/t23-,24-,29-/m1/s1. The first-order chi connectivity index (χ1) is 14.2. The van der Waals surface area contributed by atoms with Crippen LogP contribution in [-0.2, 0) is 12.8 Å². The molecule has 0 amide bonds. The molecule has 30 heavy (non-hydrogen) atoms. The van der Waals surface area contributed by atoms with Crippen LogP contribution in [0.4, 0.5) is 0 Å². The van der Waals surface area contributed by atoms with Crippen molar-refractivity contribution in [3.63, 3.8) is 0 Å². The van der Waals surface area contributed by atoms with Gasteiger partial charge in [0.05, 0.1) is 0 Å². The van der Waals surface area contributed by atoms with Gasteiger partial charge in [-0.2, -0.15) is 0 Å². The highest BCUT2D eigenvalue weighted by Gasteiger charge is 2.32. The molecule has 1 heteroatoms. The lowest BCUT2D eigenvalue weighted by molar-refractivity contribution is 0.0516. The lowest BCUT2D eigenvalue weighted by atomic mass is 9.85. The maximum atomic E-state index is 6.60. The quantitative estimate of drug-likeness (QED) is 0.313. The van der Waals surface area contributed by atoms with Gasteiger partial charge < -0.3 is 4.74 Å². The van der Waals surface area contributed by atoms with E-state index < -0.39 is 0 Å². The largest absolute Gasteiger partial charge is 0.487 e. The molecule has 1 aromatic carbocycles. The number of hydrogen-bond donors (Lipinski definition) is 0. The fourth-order valence-electron chi connectivity index (χ4n) is 5.14. The fraction of sp³-hybridized carbons (Fsp3) is 0.793. The Hall–Kier alpha value is -0.980. The zero-order valence-corrected chi connectivity index (χ0v) is 21.3. The number of benzene rings is 1. The summed E-state index contributed by atoms with van der Waals surface area (Å²) >= 11 is 0. The molecule has 2 rings (SSSR count). The highest BCUT2D eigenvalue weighted by atomic mass is 16.5. The minimum Gasteiger partial charge on any atom is -0.487 e. The molecule has 172 valence electrons. The van der Waals surface area contributed by atoms with Gasteiger partial charge in [-0.15, -0.1) is 0 Å². The summed E-state index contributed by atoms with van der Waals surface area (Å²) in [4.78, 5) is 0. The summed E-state index contributed by atoms with van der Waals surface area (Å²) in [5, 5.41) is 0. The van der Waals surface area contributed by atoms with E-state index in [9.17, 15) is 0 Å². The van der Waals surface area contributed by atoms with Gasteiger partial charge in [0.2, 0.25) is 0 Å². The van der Waals surface area contributed by atoms with Crippen LogP contribution in [0.3, 0.4) is 0 Å². The Morgan fingerprint density at radius 2 is 1.50 bits per heavy atom. The molecule has 1 aromatic rings. The van der Waals surface area contributed by atoms with Crippen LogP contribution in [0.5, 0.6) is 5.75 Å². The molecular formula is C29H50O. The van der Waals surface area contributed by atoms with Gasteiger partial charge in [-0.1, -0.05) is 91.7 Å². The highest BCUT2D eigenvalue weighted by molar-refractivity contribution is 5.46. The van der Waals surface area contributed by atoms with Gasteiger partial charge >= 0.3 is 0 Å². The summed E-state index contributed by atoms with van der Waals surface area (Å²) in [6.45, 7) is 16.4. The Labute approximate surface area is 188 Å². The van der Waals surface area contributed by atoms with Crippen molar-refractivity contribution >= 4 is 0 Å². The molecule has 0 unspecified atom stereocenters. The van der Waals surface area contributed by atoms with Crippen LogP contribution < -0.4 is 4.74 Å². The van der Waals surface area contributed by atoms with Gasteiger partial charge in [0.1, 0.15) is 11.4 Å². The van der Waals surface area contributed by atoms with Crippen molar-refractivity contribution in [2.45, 2.75) is 131 Å². The molecule has 0 bridgehead atoms. The average Bonchev–Trinajstić information content (AvgIpc) is 2.68. The van der Waals surface area contributed by atoms with Crippen LogP contribution in [0.25, 0.3) is 0 Å². The Bertz CT molecular complexity index is 631. The first kappa shape index (κ1) is 25.3. The van der Waals surface area contributed by atoms with E-state index in [-0.39, 0.29) is 5.60 Å². The van der Waals surface area contributed by atoms with E-state index in [2.05, 4.69) is 60.6 Å². The van der Waals surface area contributed by atoms with Crippen LogP contribution in [0.15, 0.2) is 12.1 Å². The summed E-state index contributed by atoms with van der Waals surface area (Å²) in [6, 6.07) is 4.68. The van der Waals surface area contributed by atoms with Crippen molar-refractivity contribution in [3.05, 3.63) is 28.8 Å². The molecule has 1 heterocycles. The van der Waals surface area contributed by atoms with Crippen molar-refractivity contribution in [1.82, 2.24) is 0 Å². The zero-order valence-electron chi connectivity index (χ0n) is 21.3. The molecule has 0 aromatic heterocycles. The summed E-state index contributed by atoms with van der Waals surface area (Å²) in [5.74, 6) is 3.79. The van der Waals surface area contributed by atoms with Gasteiger partial charge in [0, 0.05) is 0 Å². The van der Waals surface area contributed by atoms with E-state index in [1.165, 1.54) is 86.6 Å². The number of ether oxygens (including phenoxy) is 1.